The zero-order chi connectivity index (χ0) is 28.7. The summed E-state index contributed by atoms with van der Waals surface area (Å²) in [6.45, 7) is 4.43. The van der Waals surface area contributed by atoms with E-state index in [1.807, 2.05) is 84.9 Å². The molecule has 5 rings (SSSR count). The second kappa shape index (κ2) is 15.6. The molecule has 2 N–H and O–H groups in total. The molecular weight excluding hydrogens is 514 g/mol. The summed E-state index contributed by atoms with van der Waals surface area (Å²) < 4.78 is 5.53. The smallest absolute Gasteiger partial charge is 0.319 e. The van der Waals surface area contributed by atoms with Crippen molar-refractivity contribution in [3.63, 3.8) is 0 Å². The Morgan fingerprint density at radius 1 is 0.829 bits per heavy atom. The lowest BCUT2D eigenvalue weighted by molar-refractivity contribution is 0.220. The molecule has 1 heterocycles. The fourth-order valence-electron chi connectivity index (χ4n) is 4.64. The highest BCUT2D eigenvalue weighted by atomic mass is 16.5. The summed E-state index contributed by atoms with van der Waals surface area (Å²) in [6, 6.07) is 36.5. The number of carbonyl (C=O) groups is 1. The highest BCUT2D eigenvalue weighted by Gasteiger charge is 2.23. The molecule has 0 saturated carbocycles. The number of nitrogens with one attached hydrogen (secondary N) is 2. The van der Waals surface area contributed by atoms with Crippen LogP contribution in [0.4, 0.5) is 21.9 Å². The maximum Gasteiger partial charge on any atom is 0.319 e. The molecule has 0 radical (unpaired) electrons. The average molecular weight is 550 g/mol. The number of amides is 2. The molecule has 4 aromatic rings. The van der Waals surface area contributed by atoms with Crippen LogP contribution in [0.15, 0.2) is 120 Å². The number of para-hydroxylation sites is 4. The van der Waals surface area contributed by atoms with E-state index in [0.29, 0.717) is 5.69 Å². The maximum atomic E-state index is 12.7. The molecule has 0 spiro atoms. The summed E-state index contributed by atoms with van der Waals surface area (Å²) in [5.41, 5.74) is 3.66. The summed E-state index contributed by atoms with van der Waals surface area (Å²) in [4.78, 5) is 30.5. The Kier molecular flexibility index (Phi) is 11.1. The van der Waals surface area contributed by atoms with E-state index in [1.165, 1.54) is 6.08 Å². The average Bonchev–Trinajstić information content (AvgIpc) is 3.03. The van der Waals surface area contributed by atoms with Crippen molar-refractivity contribution in [2.75, 3.05) is 50.1 Å². The lowest BCUT2D eigenvalue weighted by Gasteiger charge is -2.38. The monoisotopic (exact) mass is 549 g/mol. The highest BCUT2D eigenvalue weighted by molar-refractivity contribution is 5.89. The van der Waals surface area contributed by atoms with Crippen molar-refractivity contribution >= 4 is 29.2 Å². The van der Waals surface area contributed by atoms with Gasteiger partial charge in [0.05, 0.1) is 24.5 Å². The van der Waals surface area contributed by atoms with Gasteiger partial charge in [0.2, 0.25) is 6.08 Å². The first-order chi connectivity index (χ1) is 20.2. The van der Waals surface area contributed by atoms with Gasteiger partial charge in [0.25, 0.3) is 0 Å². The number of hydrogen-bond acceptors (Lipinski definition) is 6. The van der Waals surface area contributed by atoms with Crippen molar-refractivity contribution in [2.24, 2.45) is 4.99 Å². The van der Waals surface area contributed by atoms with Gasteiger partial charge in [0.1, 0.15) is 5.75 Å². The lowest BCUT2D eigenvalue weighted by Crippen LogP contribution is -2.49. The van der Waals surface area contributed by atoms with Crippen molar-refractivity contribution in [3.05, 3.63) is 121 Å². The summed E-state index contributed by atoms with van der Waals surface area (Å²) in [5, 5.41) is 6.09. The molecule has 8 heteroatoms. The lowest BCUT2D eigenvalue weighted by atomic mass is 10.1. The minimum Gasteiger partial charge on any atom is -0.495 e. The van der Waals surface area contributed by atoms with Gasteiger partial charge in [-0.15, -0.1) is 0 Å². The van der Waals surface area contributed by atoms with Gasteiger partial charge in [0.15, 0.2) is 0 Å². The van der Waals surface area contributed by atoms with E-state index in [0.717, 1.165) is 55.4 Å². The SMILES string of the molecule is COc1ccccc1N1CCN(C[C@@H](NC(=O)Nc2ccccc2)c2ccccc2)CC1.O=C=Nc1ccccc1. The van der Waals surface area contributed by atoms with Crippen LogP contribution in [0.2, 0.25) is 0 Å². The van der Waals surface area contributed by atoms with E-state index >= 15 is 0 Å². The molecular formula is C33H35N5O3. The van der Waals surface area contributed by atoms with Crippen LogP contribution in [0.25, 0.3) is 0 Å². The number of rotatable bonds is 8. The van der Waals surface area contributed by atoms with Crippen molar-refractivity contribution < 1.29 is 14.3 Å². The Balaban J connectivity index is 0.000000367. The predicted molar refractivity (Wildman–Crippen MR) is 164 cm³/mol. The first-order valence-electron chi connectivity index (χ1n) is 13.6. The van der Waals surface area contributed by atoms with Gasteiger partial charge in [-0.1, -0.05) is 78.9 Å². The first-order valence-corrected chi connectivity index (χ1v) is 13.6. The third kappa shape index (κ3) is 9.07. The molecule has 0 aliphatic carbocycles. The van der Waals surface area contributed by atoms with E-state index in [2.05, 4.69) is 43.6 Å². The standard InChI is InChI=1S/C26H30N4O2.C7H5NO/c1-32-25-15-9-8-14-24(25)30-18-16-29(17-19-30)20-23(21-10-4-2-5-11-21)28-26(31)27-22-12-6-3-7-13-22;9-6-8-7-4-2-1-3-5-7/h2-15,23H,16-20H2,1H3,(H2,27,28,31);1-5H/t23-;/m1./s1. The van der Waals surface area contributed by atoms with Gasteiger partial charge in [0, 0.05) is 38.4 Å². The minimum absolute atomic E-state index is 0.0993. The molecule has 8 nitrogen and oxygen atoms in total. The molecule has 1 fully saturated rings. The Bertz CT molecular complexity index is 1390. The predicted octanol–water partition coefficient (Wildman–Crippen LogP) is 6.03. The third-order valence-electron chi connectivity index (χ3n) is 6.71. The van der Waals surface area contributed by atoms with Crippen LogP contribution in [-0.2, 0) is 4.79 Å². The quantitative estimate of drug-likeness (QED) is 0.207. The van der Waals surface area contributed by atoms with Crippen molar-refractivity contribution in [3.8, 4) is 5.75 Å². The Morgan fingerprint density at radius 3 is 2.05 bits per heavy atom. The molecule has 0 bridgehead atoms. The van der Waals surface area contributed by atoms with Crippen LogP contribution in [0.1, 0.15) is 11.6 Å². The van der Waals surface area contributed by atoms with Gasteiger partial charge >= 0.3 is 6.03 Å². The largest absolute Gasteiger partial charge is 0.495 e. The number of ether oxygens (including phenoxy) is 1. The molecule has 210 valence electrons. The molecule has 2 amide bonds. The second-order valence-corrected chi connectivity index (χ2v) is 9.43. The summed E-state index contributed by atoms with van der Waals surface area (Å²) in [5.74, 6) is 0.905. The number of piperazine rings is 1. The number of urea groups is 1. The normalized spacial score (nSPS) is 13.5. The zero-order valence-electron chi connectivity index (χ0n) is 23.1. The fraction of sp³-hybridized carbons (Fsp3) is 0.212. The molecule has 1 atom stereocenters. The molecule has 41 heavy (non-hydrogen) atoms. The van der Waals surface area contributed by atoms with Gasteiger partial charge in [-0.05, 0) is 42.0 Å². The van der Waals surface area contributed by atoms with Gasteiger partial charge < -0.3 is 20.3 Å². The number of hydrogen-bond donors (Lipinski definition) is 2. The number of benzene rings is 4. The van der Waals surface area contributed by atoms with Gasteiger partial charge in [-0.2, -0.15) is 4.99 Å². The molecule has 0 aromatic heterocycles. The Labute approximate surface area is 241 Å². The van der Waals surface area contributed by atoms with E-state index in [9.17, 15) is 9.59 Å². The van der Waals surface area contributed by atoms with Crippen molar-refractivity contribution in [1.29, 1.82) is 0 Å². The minimum atomic E-state index is -0.197. The van der Waals surface area contributed by atoms with Gasteiger partial charge in [-0.25, -0.2) is 9.59 Å². The maximum absolute atomic E-state index is 12.7. The van der Waals surface area contributed by atoms with E-state index in [4.69, 9.17) is 4.74 Å². The number of aliphatic imine (C=N–C) groups is 1. The molecule has 1 aliphatic rings. The number of carbonyl (C=O) groups excluding carboxylic acids is 2. The summed E-state index contributed by atoms with van der Waals surface area (Å²) in [7, 11) is 1.71. The highest BCUT2D eigenvalue weighted by Crippen LogP contribution is 2.28. The van der Waals surface area contributed by atoms with E-state index in [1.54, 1.807) is 19.2 Å². The van der Waals surface area contributed by atoms with Gasteiger partial charge in [-0.3, -0.25) is 4.90 Å². The summed E-state index contributed by atoms with van der Waals surface area (Å²) in [6.07, 6.45) is 1.46. The second-order valence-electron chi connectivity index (χ2n) is 9.43. The summed E-state index contributed by atoms with van der Waals surface area (Å²) >= 11 is 0. The molecule has 1 aliphatic heterocycles. The van der Waals surface area contributed by atoms with Crippen LogP contribution < -0.4 is 20.3 Å². The van der Waals surface area contributed by atoms with Crippen LogP contribution in [-0.4, -0.2) is 56.8 Å². The van der Waals surface area contributed by atoms with E-state index in [-0.39, 0.29) is 12.1 Å². The number of nitrogens with zero attached hydrogens (tertiary/aromatic N) is 3. The van der Waals surface area contributed by atoms with Crippen LogP contribution >= 0.6 is 0 Å². The first kappa shape index (κ1) is 29.1. The topological polar surface area (TPSA) is 86.3 Å². The fourth-order valence-corrected chi connectivity index (χ4v) is 4.64. The van der Waals surface area contributed by atoms with Crippen LogP contribution in [0, 0.1) is 0 Å². The number of methoxy groups -OCH3 is 1. The molecule has 0 unspecified atom stereocenters. The number of isocyanates is 1. The van der Waals surface area contributed by atoms with Crippen LogP contribution in [0.5, 0.6) is 5.75 Å². The van der Waals surface area contributed by atoms with Crippen molar-refractivity contribution in [1.82, 2.24) is 10.2 Å². The zero-order valence-corrected chi connectivity index (χ0v) is 23.1. The van der Waals surface area contributed by atoms with Crippen molar-refractivity contribution in [2.45, 2.75) is 6.04 Å². The Hall–Kier alpha value is -4.91. The van der Waals surface area contributed by atoms with E-state index < -0.39 is 0 Å². The Morgan fingerprint density at radius 2 is 1.41 bits per heavy atom. The number of anilines is 2. The third-order valence-corrected chi connectivity index (χ3v) is 6.71. The molecule has 1 saturated heterocycles. The van der Waals surface area contributed by atoms with Crippen LogP contribution in [0.3, 0.4) is 0 Å². The molecule has 4 aromatic carbocycles.